The average molecular weight is 261 g/mol. The minimum atomic E-state index is 0.656. The molecule has 0 radical (unpaired) electrons. The van der Waals surface area contributed by atoms with Crippen molar-refractivity contribution in [3.63, 3.8) is 0 Å². The van der Waals surface area contributed by atoms with Crippen LogP contribution in [0.4, 0.5) is 11.4 Å². The van der Waals surface area contributed by atoms with E-state index in [0.29, 0.717) is 6.61 Å². The number of hydrogen-bond donors (Lipinski definition) is 1. The van der Waals surface area contributed by atoms with Crippen LogP contribution >= 0.6 is 0 Å². The van der Waals surface area contributed by atoms with Gasteiger partial charge >= 0.3 is 0 Å². The first-order valence-corrected chi connectivity index (χ1v) is 7.30. The zero-order valence-corrected chi connectivity index (χ0v) is 11.6. The molecule has 0 bridgehead atoms. The van der Waals surface area contributed by atoms with Crippen molar-refractivity contribution >= 4 is 11.4 Å². The number of anilines is 2. The van der Waals surface area contributed by atoms with Gasteiger partial charge in [-0.05, 0) is 31.9 Å². The first-order chi connectivity index (χ1) is 9.29. The first-order valence-electron chi connectivity index (χ1n) is 7.30. The van der Waals surface area contributed by atoms with Crippen LogP contribution in [-0.2, 0) is 0 Å². The van der Waals surface area contributed by atoms with Crippen LogP contribution in [0, 0.1) is 0 Å². The highest BCUT2D eigenvalue weighted by Gasteiger charge is 2.31. The minimum absolute atomic E-state index is 0.656. The second kappa shape index (κ2) is 5.29. The second-order valence-corrected chi connectivity index (χ2v) is 5.38. The average Bonchev–Trinajstić information content (AvgIpc) is 3.26. The SMILES string of the molecule is CCOc1cccc(N2CCN(C3CC3)CC2)c1N. The molecule has 0 amide bonds. The summed E-state index contributed by atoms with van der Waals surface area (Å²) in [5, 5.41) is 0. The Hall–Kier alpha value is -1.42. The predicted octanol–water partition coefficient (Wildman–Crippen LogP) is 1.95. The highest BCUT2D eigenvalue weighted by atomic mass is 16.5. The Bertz CT molecular complexity index is 437. The van der Waals surface area contributed by atoms with Crippen molar-refractivity contribution in [2.75, 3.05) is 43.4 Å². The summed E-state index contributed by atoms with van der Waals surface area (Å²) in [6, 6.07) is 6.95. The summed E-state index contributed by atoms with van der Waals surface area (Å²) in [5.74, 6) is 0.810. The molecule has 1 saturated carbocycles. The van der Waals surface area contributed by atoms with E-state index in [-0.39, 0.29) is 0 Å². The Morgan fingerprint density at radius 3 is 2.58 bits per heavy atom. The van der Waals surface area contributed by atoms with E-state index in [4.69, 9.17) is 10.5 Å². The molecule has 2 N–H and O–H groups in total. The largest absolute Gasteiger partial charge is 0.492 e. The van der Waals surface area contributed by atoms with Crippen molar-refractivity contribution in [3.05, 3.63) is 18.2 Å². The number of para-hydroxylation sites is 1. The Morgan fingerprint density at radius 2 is 1.95 bits per heavy atom. The number of rotatable bonds is 4. The molecule has 1 aliphatic heterocycles. The highest BCUT2D eigenvalue weighted by Crippen LogP contribution is 2.34. The number of hydrogen-bond acceptors (Lipinski definition) is 4. The van der Waals surface area contributed by atoms with Gasteiger partial charge in [0, 0.05) is 32.2 Å². The van der Waals surface area contributed by atoms with Crippen LogP contribution in [0.3, 0.4) is 0 Å². The monoisotopic (exact) mass is 261 g/mol. The van der Waals surface area contributed by atoms with Gasteiger partial charge in [-0.1, -0.05) is 6.07 Å². The molecule has 2 fully saturated rings. The number of nitrogens with zero attached hydrogens (tertiary/aromatic N) is 2. The summed E-state index contributed by atoms with van der Waals surface area (Å²) in [6.45, 7) is 7.09. The van der Waals surface area contributed by atoms with E-state index in [9.17, 15) is 0 Å². The van der Waals surface area contributed by atoms with Gasteiger partial charge in [0.25, 0.3) is 0 Å². The van der Waals surface area contributed by atoms with Crippen LogP contribution < -0.4 is 15.4 Å². The van der Waals surface area contributed by atoms with Crippen molar-refractivity contribution in [1.29, 1.82) is 0 Å². The molecule has 19 heavy (non-hydrogen) atoms. The smallest absolute Gasteiger partial charge is 0.144 e. The van der Waals surface area contributed by atoms with Crippen LogP contribution in [0.25, 0.3) is 0 Å². The van der Waals surface area contributed by atoms with Gasteiger partial charge in [-0.2, -0.15) is 0 Å². The second-order valence-electron chi connectivity index (χ2n) is 5.38. The maximum atomic E-state index is 6.23. The normalized spacial score (nSPS) is 20.6. The van der Waals surface area contributed by atoms with E-state index < -0.39 is 0 Å². The predicted molar refractivity (Wildman–Crippen MR) is 78.8 cm³/mol. The molecule has 4 heteroatoms. The lowest BCUT2D eigenvalue weighted by Gasteiger charge is -2.36. The molecule has 2 aliphatic rings. The van der Waals surface area contributed by atoms with E-state index >= 15 is 0 Å². The third-order valence-electron chi connectivity index (χ3n) is 4.06. The molecule has 1 aromatic rings. The molecule has 1 aliphatic carbocycles. The van der Waals surface area contributed by atoms with Gasteiger partial charge < -0.3 is 15.4 Å². The zero-order chi connectivity index (χ0) is 13.2. The van der Waals surface area contributed by atoms with Gasteiger partial charge in [0.2, 0.25) is 0 Å². The van der Waals surface area contributed by atoms with Crippen molar-refractivity contribution in [2.24, 2.45) is 0 Å². The van der Waals surface area contributed by atoms with E-state index in [1.54, 1.807) is 0 Å². The van der Waals surface area contributed by atoms with Gasteiger partial charge in [-0.25, -0.2) is 0 Å². The molecule has 4 nitrogen and oxygen atoms in total. The number of nitrogens with two attached hydrogens (primary N) is 1. The van der Waals surface area contributed by atoms with Crippen LogP contribution in [-0.4, -0.2) is 43.7 Å². The van der Waals surface area contributed by atoms with E-state index in [1.807, 2.05) is 19.1 Å². The molecule has 1 aromatic carbocycles. The summed E-state index contributed by atoms with van der Waals surface area (Å²) in [7, 11) is 0. The number of nitrogen functional groups attached to an aromatic ring is 1. The summed E-state index contributed by atoms with van der Waals surface area (Å²) in [6.07, 6.45) is 2.78. The quantitative estimate of drug-likeness (QED) is 0.841. The lowest BCUT2D eigenvalue weighted by Crippen LogP contribution is -2.47. The van der Waals surface area contributed by atoms with Gasteiger partial charge in [0.15, 0.2) is 0 Å². The molecular weight excluding hydrogens is 238 g/mol. The molecular formula is C15H23N3O. The highest BCUT2D eigenvalue weighted by molar-refractivity contribution is 5.74. The zero-order valence-electron chi connectivity index (χ0n) is 11.6. The molecule has 0 atom stereocenters. The summed E-state index contributed by atoms with van der Waals surface area (Å²) in [4.78, 5) is 5.00. The standard InChI is InChI=1S/C15H23N3O/c1-2-19-14-5-3-4-13(15(14)16)18-10-8-17(9-11-18)12-6-7-12/h3-5,12H,2,6-11,16H2,1H3. The van der Waals surface area contributed by atoms with Gasteiger partial charge in [0.1, 0.15) is 5.75 Å². The van der Waals surface area contributed by atoms with Gasteiger partial charge in [0.05, 0.1) is 18.0 Å². The van der Waals surface area contributed by atoms with Crippen LogP contribution in [0.1, 0.15) is 19.8 Å². The van der Waals surface area contributed by atoms with Gasteiger partial charge in [-0.15, -0.1) is 0 Å². The Kier molecular flexibility index (Phi) is 3.51. The number of benzene rings is 1. The third-order valence-corrected chi connectivity index (χ3v) is 4.06. The number of piperazine rings is 1. The first kappa shape index (κ1) is 12.6. The summed E-state index contributed by atoms with van der Waals surface area (Å²) in [5.41, 5.74) is 8.13. The van der Waals surface area contributed by atoms with Crippen molar-refractivity contribution in [1.82, 2.24) is 4.90 Å². The van der Waals surface area contributed by atoms with Gasteiger partial charge in [-0.3, -0.25) is 4.90 Å². The molecule has 3 rings (SSSR count). The van der Waals surface area contributed by atoms with Crippen LogP contribution in [0.5, 0.6) is 5.75 Å². The van der Waals surface area contributed by atoms with Crippen molar-refractivity contribution in [3.8, 4) is 5.75 Å². The molecule has 0 aromatic heterocycles. The fourth-order valence-corrected chi connectivity index (χ4v) is 2.86. The fraction of sp³-hybridized carbons (Fsp3) is 0.600. The molecule has 104 valence electrons. The van der Waals surface area contributed by atoms with Crippen LogP contribution in [0.15, 0.2) is 18.2 Å². The molecule has 1 heterocycles. The molecule has 1 saturated heterocycles. The Labute approximate surface area is 115 Å². The molecule has 0 spiro atoms. The van der Waals surface area contributed by atoms with Crippen LogP contribution in [0.2, 0.25) is 0 Å². The van der Waals surface area contributed by atoms with E-state index in [0.717, 1.165) is 49.3 Å². The third kappa shape index (κ3) is 2.63. The van der Waals surface area contributed by atoms with E-state index in [1.165, 1.54) is 12.8 Å². The Morgan fingerprint density at radius 1 is 1.21 bits per heavy atom. The lowest BCUT2D eigenvalue weighted by molar-refractivity contribution is 0.248. The van der Waals surface area contributed by atoms with Crippen molar-refractivity contribution in [2.45, 2.75) is 25.8 Å². The number of ether oxygens (including phenoxy) is 1. The molecule has 0 unspecified atom stereocenters. The minimum Gasteiger partial charge on any atom is -0.492 e. The maximum Gasteiger partial charge on any atom is 0.144 e. The van der Waals surface area contributed by atoms with E-state index in [2.05, 4.69) is 15.9 Å². The van der Waals surface area contributed by atoms with Crippen molar-refractivity contribution < 1.29 is 4.74 Å². The lowest BCUT2D eigenvalue weighted by atomic mass is 10.2. The summed E-state index contributed by atoms with van der Waals surface area (Å²) < 4.78 is 5.58. The Balaban J connectivity index is 1.70. The topological polar surface area (TPSA) is 41.7 Å². The maximum absolute atomic E-state index is 6.23. The fourth-order valence-electron chi connectivity index (χ4n) is 2.86. The summed E-state index contributed by atoms with van der Waals surface area (Å²) >= 11 is 0.